The van der Waals surface area contributed by atoms with E-state index in [-0.39, 0.29) is 12.1 Å². The smallest absolute Gasteiger partial charge is 0.308 e. The Morgan fingerprint density at radius 3 is 2.58 bits per heavy atom. The van der Waals surface area contributed by atoms with Gasteiger partial charge in [0, 0.05) is 12.1 Å². The van der Waals surface area contributed by atoms with Gasteiger partial charge in [0.2, 0.25) is 0 Å². The van der Waals surface area contributed by atoms with Crippen LogP contribution in [0.3, 0.4) is 0 Å². The number of hydrogen-bond acceptors (Lipinski definition) is 5. The maximum atomic E-state index is 11.4. The molecule has 1 atom stereocenters. The Labute approximate surface area is 111 Å². The van der Waals surface area contributed by atoms with Gasteiger partial charge in [-0.25, -0.2) is 0 Å². The molecule has 0 heterocycles. The molecular formula is C13H17NO5. The summed E-state index contributed by atoms with van der Waals surface area (Å²) >= 11 is 0. The Morgan fingerprint density at radius 2 is 2.05 bits per heavy atom. The number of unbranched alkanes of at least 4 members (excludes halogenated alkanes) is 1. The number of esters is 1. The highest BCUT2D eigenvalue weighted by Crippen LogP contribution is 2.20. The largest absolute Gasteiger partial charge is 0.466 e. The summed E-state index contributed by atoms with van der Waals surface area (Å²) in [5, 5.41) is 20.3. The highest BCUT2D eigenvalue weighted by Gasteiger charge is 2.15. The maximum Gasteiger partial charge on any atom is 0.308 e. The van der Waals surface area contributed by atoms with Crippen molar-refractivity contribution in [3.63, 3.8) is 0 Å². The number of benzene rings is 1. The van der Waals surface area contributed by atoms with Crippen LogP contribution in [0, 0.1) is 10.1 Å². The van der Waals surface area contributed by atoms with E-state index in [1.54, 1.807) is 0 Å². The third-order valence-corrected chi connectivity index (χ3v) is 2.61. The Morgan fingerprint density at radius 1 is 1.42 bits per heavy atom. The molecule has 0 aliphatic carbocycles. The van der Waals surface area contributed by atoms with Gasteiger partial charge in [0.1, 0.15) is 0 Å². The fourth-order valence-electron chi connectivity index (χ4n) is 1.48. The Balaban J connectivity index is 2.50. The minimum atomic E-state index is -1.00. The van der Waals surface area contributed by atoms with E-state index >= 15 is 0 Å². The molecular weight excluding hydrogens is 250 g/mol. The number of aliphatic hydroxyl groups excluding tert-OH is 1. The summed E-state index contributed by atoms with van der Waals surface area (Å²) in [7, 11) is 0. The molecule has 19 heavy (non-hydrogen) atoms. The summed E-state index contributed by atoms with van der Waals surface area (Å²) in [4.78, 5) is 21.3. The second-order valence-corrected chi connectivity index (χ2v) is 4.14. The van der Waals surface area contributed by atoms with Gasteiger partial charge in [-0.3, -0.25) is 14.9 Å². The number of rotatable bonds is 7. The summed E-state index contributed by atoms with van der Waals surface area (Å²) in [6.45, 7) is 2.34. The molecule has 0 saturated heterocycles. The van der Waals surface area contributed by atoms with Crippen LogP contribution in [0.5, 0.6) is 0 Å². The summed E-state index contributed by atoms with van der Waals surface area (Å²) in [5.74, 6) is -0.473. The molecule has 1 rings (SSSR count). The molecule has 0 spiro atoms. The molecule has 1 aromatic carbocycles. The molecule has 0 bridgehead atoms. The first-order valence-electron chi connectivity index (χ1n) is 6.12. The third kappa shape index (κ3) is 5.05. The van der Waals surface area contributed by atoms with E-state index in [9.17, 15) is 20.0 Å². The van der Waals surface area contributed by atoms with Crippen molar-refractivity contribution < 1.29 is 19.6 Å². The fourth-order valence-corrected chi connectivity index (χ4v) is 1.48. The standard InChI is InChI=1S/C13H17NO5/c1-2-3-8-19-13(16)9-12(15)10-4-6-11(7-5-10)14(17)18/h4-7,12,15H,2-3,8-9H2,1H3. The van der Waals surface area contributed by atoms with Crippen LogP contribution in [0.15, 0.2) is 24.3 Å². The van der Waals surface area contributed by atoms with Gasteiger partial charge in [0.25, 0.3) is 5.69 Å². The monoisotopic (exact) mass is 267 g/mol. The SMILES string of the molecule is CCCCOC(=O)CC(O)c1ccc([N+](=O)[O-])cc1. The van der Waals surface area contributed by atoms with E-state index in [2.05, 4.69) is 0 Å². The van der Waals surface area contributed by atoms with E-state index in [1.807, 2.05) is 6.92 Å². The van der Waals surface area contributed by atoms with Crippen molar-refractivity contribution in [1.82, 2.24) is 0 Å². The number of aliphatic hydroxyl groups is 1. The lowest BCUT2D eigenvalue weighted by atomic mass is 10.1. The first kappa shape index (κ1) is 15.1. The summed E-state index contributed by atoms with van der Waals surface area (Å²) < 4.78 is 4.93. The lowest BCUT2D eigenvalue weighted by molar-refractivity contribution is -0.384. The minimum Gasteiger partial charge on any atom is -0.466 e. The van der Waals surface area contributed by atoms with Crippen LogP contribution in [0.4, 0.5) is 5.69 Å². The second kappa shape index (κ2) is 7.48. The quantitative estimate of drug-likeness (QED) is 0.354. The van der Waals surface area contributed by atoms with E-state index in [0.29, 0.717) is 12.2 Å². The number of nitrogens with zero attached hydrogens (tertiary/aromatic N) is 1. The zero-order chi connectivity index (χ0) is 14.3. The number of ether oxygens (including phenoxy) is 1. The zero-order valence-corrected chi connectivity index (χ0v) is 10.7. The van der Waals surface area contributed by atoms with Crippen LogP contribution in [0.25, 0.3) is 0 Å². The van der Waals surface area contributed by atoms with Crippen LogP contribution >= 0.6 is 0 Å². The predicted octanol–water partition coefficient (Wildman–Crippen LogP) is 2.36. The average Bonchev–Trinajstić information content (AvgIpc) is 2.39. The molecule has 0 amide bonds. The van der Waals surface area contributed by atoms with Gasteiger partial charge in [-0.1, -0.05) is 13.3 Å². The van der Waals surface area contributed by atoms with E-state index in [4.69, 9.17) is 4.74 Å². The number of hydrogen-bond donors (Lipinski definition) is 1. The molecule has 1 unspecified atom stereocenters. The Hall–Kier alpha value is -1.95. The van der Waals surface area contributed by atoms with Crippen molar-refractivity contribution in [1.29, 1.82) is 0 Å². The summed E-state index contributed by atoms with van der Waals surface area (Å²) in [6.07, 6.45) is 0.564. The number of non-ortho nitro benzene ring substituents is 1. The van der Waals surface area contributed by atoms with Crippen molar-refractivity contribution in [2.45, 2.75) is 32.3 Å². The number of nitro benzene ring substituents is 1. The molecule has 0 aliphatic heterocycles. The van der Waals surface area contributed by atoms with Crippen molar-refractivity contribution >= 4 is 11.7 Å². The van der Waals surface area contributed by atoms with Gasteiger partial charge in [-0.2, -0.15) is 0 Å². The Bertz CT molecular complexity index is 429. The lowest BCUT2D eigenvalue weighted by Gasteiger charge is -2.10. The molecule has 0 radical (unpaired) electrons. The van der Waals surface area contributed by atoms with Crippen LogP contribution in [0.1, 0.15) is 37.9 Å². The molecule has 1 aromatic rings. The highest BCUT2D eigenvalue weighted by atomic mass is 16.6. The zero-order valence-electron chi connectivity index (χ0n) is 10.7. The van der Waals surface area contributed by atoms with Crippen molar-refractivity contribution in [2.75, 3.05) is 6.61 Å². The Kier molecular flexibility index (Phi) is 5.95. The average molecular weight is 267 g/mol. The minimum absolute atomic E-state index is 0.0542. The number of nitro groups is 1. The second-order valence-electron chi connectivity index (χ2n) is 4.14. The van der Waals surface area contributed by atoms with Gasteiger partial charge in [-0.05, 0) is 24.1 Å². The van der Waals surface area contributed by atoms with Gasteiger partial charge in [-0.15, -0.1) is 0 Å². The van der Waals surface area contributed by atoms with Crippen molar-refractivity contribution in [3.05, 3.63) is 39.9 Å². The molecule has 1 N–H and O–H groups in total. The number of carbonyl (C=O) groups excluding carboxylic acids is 1. The van der Waals surface area contributed by atoms with E-state index < -0.39 is 17.0 Å². The maximum absolute atomic E-state index is 11.4. The summed E-state index contributed by atoms with van der Waals surface area (Å²) in [6, 6.07) is 5.45. The van der Waals surface area contributed by atoms with Crippen molar-refractivity contribution in [3.8, 4) is 0 Å². The molecule has 6 nitrogen and oxygen atoms in total. The van der Waals surface area contributed by atoms with E-state index in [0.717, 1.165) is 12.8 Å². The van der Waals surface area contributed by atoms with E-state index in [1.165, 1.54) is 24.3 Å². The van der Waals surface area contributed by atoms with Gasteiger partial charge in [0.15, 0.2) is 0 Å². The predicted molar refractivity (Wildman–Crippen MR) is 68.5 cm³/mol. The lowest BCUT2D eigenvalue weighted by Crippen LogP contribution is -2.11. The molecule has 104 valence electrons. The van der Waals surface area contributed by atoms with Crippen LogP contribution in [-0.2, 0) is 9.53 Å². The van der Waals surface area contributed by atoms with Crippen LogP contribution in [-0.4, -0.2) is 22.6 Å². The first-order chi connectivity index (χ1) is 9.04. The van der Waals surface area contributed by atoms with Crippen molar-refractivity contribution in [2.24, 2.45) is 0 Å². The molecule has 0 fully saturated rings. The highest BCUT2D eigenvalue weighted by molar-refractivity contribution is 5.70. The van der Waals surface area contributed by atoms with Gasteiger partial charge < -0.3 is 9.84 Å². The summed E-state index contributed by atoms with van der Waals surface area (Å²) in [5.41, 5.74) is 0.402. The topological polar surface area (TPSA) is 89.7 Å². The molecule has 0 aliphatic rings. The van der Waals surface area contributed by atoms with Crippen LogP contribution in [0.2, 0.25) is 0 Å². The molecule has 0 aromatic heterocycles. The third-order valence-electron chi connectivity index (χ3n) is 2.61. The van der Waals surface area contributed by atoms with Crippen LogP contribution < -0.4 is 0 Å². The van der Waals surface area contributed by atoms with Gasteiger partial charge >= 0.3 is 5.97 Å². The normalized spacial score (nSPS) is 11.9. The van der Waals surface area contributed by atoms with Gasteiger partial charge in [0.05, 0.1) is 24.1 Å². The molecule has 0 saturated carbocycles. The first-order valence-corrected chi connectivity index (χ1v) is 6.12. The number of carbonyl (C=O) groups is 1. The fraction of sp³-hybridized carbons (Fsp3) is 0.462. The molecule has 6 heteroatoms.